The number of rotatable bonds is 23. The fourth-order valence-corrected chi connectivity index (χ4v) is 5.09. The maximum absolute atomic E-state index is 13.0. The number of aromatic nitrogens is 4. The Hall–Kier alpha value is -4.63. The molecule has 0 bridgehead atoms. The van der Waals surface area contributed by atoms with Crippen molar-refractivity contribution in [3.05, 3.63) is 36.4 Å². The van der Waals surface area contributed by atoms with Crippen LogP contribution >= 0.6 is 23.5 Å². The molecule has 270 valence electrons. The monoisotopic (exact) mass is 725 g/mol. The predicted octanol–water partition coefficient (Wildman–Crippen LogP) is -3.36. The highest BCUT2D eigenvalue weighted by Crippen LogP contribution is 2.03. The Kier molecular flexibility index (Phi) is 18.3. The summed E-state index contributed by atoms with van der Waals surface area (Å²) in [6.07, 6.45) is 9.95. The summed E-state index contributed by atoms with van der Waals surface area (Å²) in [6, 6.07) is -4.31. The third-order valence-electron chi connectivity index (χ3n) is 6.72. The SMILES string of the molecule is CSCC[C@H](NC(=O)CNC(=O)[C@@H](N)CCSC)C(=O)NCC(=O)N[C@@H](Cc1c[nH]cn1)C(=O)NCC(=O)N[C@@H](Cc1c[nH]cn1)C(=O)O. The zero-order valence-electron chi connectivity index (χ0n) is 27.1. The van der Waals surface area contributed by atoms with Crippen LogP contribution in [0.3, 0.4) is 0 Å². The van der Waals surface area contributed by atoms with Crippen molar-refractivity contribution >= 4 is 64.9 Å². The molecular weight excluding hydrogens is 683 g/mol. The maximum Gasteiger partial charge on any atom is 0.326 e. The average Bonchev–Trinajstić information content (AvgIpc) is 3.80. The molecule has 0 spiro atoms. The van der Waals surface area contributed by atoms with Gasteiger partial charge in [-0.2, -0.15) is 23.5 Å². The first kappa shape index (κ1) is 40.5. The van der Waals surface area contributed by atoms with Gasteiger partial charge in [0.1, 0.15) is 18.1 Å². The van der Waals surface area contributed by atoms with Crippen LogP contribution in [0.2, 0.25) is 0 Å². The quantitative estimate of drug-likeness (QED) is 0.0536. The van der Waals surface area contributed by atoms with Gasteiger partial charge in [-0.05, 0) is 36.9 Å². The van der Waals surface area contributed by atoms with E-state index in [1.807, 2.05) is 12.5 Å². The number of imidazole rings is 2. The average molecular weight is 726 g/mol. The normalized spacial score (nSPS) is 13.2. The number of nitrogens with one attached hydrogen (secondary N) is 8. The standard InChI is InChI=1S/C28H43N11O8S2/c1-48-5-3-18(29)25(43)32-11-22(40)37-19(4-6-49-2)26(44)33-12-23(41)38-20(7-16-9-30-14-35-16)27(45)34-13-24(42)39-21(28(46)47)8-17-10-31-15-36-17/h9-10,14-15,18-21H,3-8,11-13,29H2,1-2H3,(H,30,35)(H,31,36)(H,32,43)(H,33,44)(H,34,45)(H,37,40)(H,38,41)(H,39,42)(H,46,47)/t18-,19-,20-,21-/m0/s1. The number of carbonyl (C=O) groups is 7. The summed E-state index contributed by atoms with van der Waals surface area (Å²) in [6.45, 7) is -1.53. The number of nitrogens with zero attached hydrogens (tertiary/aromatic N) is 2. The Labute approximate surface area is 290 Å². The summed E-state index contributed by atoms with van der Waals surface area (Å²) in [5, 5.41) is 24.1. The minimum Gasteiger partial charge on any atom is -0.480 e. The van der Waals surface area contributed by atoms with Gasteiger partial charge in [-0.25, -0.2) is 14.8 Å². The van der Waals surface area contributed by atoms with Crippen LogP contribution < -0.4 is 37.6 Å². The second-order valence-electron chi connectivity index (χ2n) is 10.6. The molecule has 2 rings (SSSR count). The largest absolute Gasteiger partial charge is 0.480 e. The predicted molar refractivity (Wildman–Crippen MR) is 181 cm³/mol. The molecule has 0 saturated heterocycles. The Morgan fingerprint density at radius 2 is 1.12 bits per heavy atom. The van der Waals surface area contributed by atoms with Crippen LogP contribution in [0.5, 0.6) is 0 Å². The van der Waals surface area contributed by atoms with Crippen molar-refractivity contribution in [1.82, 2.24) is 51.8 Å². The number of carbonyl (C=O) groups excluding carboxylic acids is 6. The zero-order valence-corrected chi connectivity index (χ0v) is 28.7. The number of H-pyrrole nitrogens is 2. The van der Waals surface area contributed by atoms with Crippen molar-refractivity contribution in [2.24, 2.45) is 5.73 Å². The third kappa shape index (κ3) is 15.9. The topological polar surface area (TPSA) is 295 Å². The Morgan fingerprint density at radius 1 is 0.694 bits per heavy atom. The molecule has 11 N–H and O–H groups in total. The van der Waals surface area contributed by atoms with Crippen LogP contribution in [0, 0.1) is 0 Å². The maximum atomic E-state index is 13.0. The van der Waals surface area contributed by atoms with Crippen molar-refractivity contribution < 1.29 is 38.7 Å². The summed E-state index contributed by atoms with van der Waals surface area (Å²) < 4.78 is 0. The number of hydrogen-bond acceptors (Lipinski definition) is 12. The molecule has 2 aromatic rings. The van der Waals surface area contributed by atoms with E-state index in [9.17, 15) is 38.7 Å². The lowest BCUT2D eigenvalue weighted by molar-refractivity contribution is -0.141. The van der Waals surface area contributed by atoms with Crippen molar-refractivity contribution in [3.8, 4) is 0 Å². The highest BCUT2D eigenvalue weighted by molar-refractivity contribution is 7.98. The van der Waals surface area contributed by atoms with E-state index < -0.39 is 85.2 Å². The molecule has 4 atom stereocenters. The fourth-order valence-electron chi connectivity index (χ4n) is 4.13. The Bertz CT molecular complexity index is 1380. The first-order chi connectivity index (χ1) is 23.4. The zero-order chi connectivity index (χ0) is 36.2. The first-order valence-corrected chi connectivity index (χ1v) is 17.8. The van der Waals surface area contributed by atoms with Crippen LogP contribution in [-0.2, 0) is 46.4 Å². The number of carboxylic acids is 1. The van der Waals surface area contributed by atoms with E-state index >= 15 is 0 Å². The van der Waals surface area contributed by atoms with Gasteiger partial charge in [0.25, 0.3) is 0 Å². The van der Waals surface area contributed by atoms with Crippen LogP contribution in [0.15, 0.2) is 25.0 Å². The van der Waals surface area contributed by atoms with E-state index in [0.29, 0.717) is 29.3 Å². The summed E-state index contributed by atoms with van der Waals surface area (Å²) in [5.41, 5.74) is 6.63. The molecule has 2 heterocycles. The molecule has 0 aliphatic carbocycles. The molecule has 0 aliphatic heterocycles. The smallest absolute Gasteiger partial charge is 0.326 e. The van der Waals surface area contributed by atoms with Crippen molar-refractivity contribution in [3.63, 3.8) is 0 Å². The number of hydrogen-bond donors (Lipinski definition) is 10. The van der Waals surface area contributed by atoms with Gasteiger partial charge in [-0.15, -0.1) is 0 Å². The summed E-state index contributed by atoms with van der Waals surface area (Å²) in [7, 11) is 0. The van der Waals surface area contributed by atoms with Gasteiger partial charge in [0.05, 0.1) is 49.7 Å². The van der Waals surface area contributed by atoms with Gasteiger partial charge in [0, 0.05) is 25.2 Å². The van der Waals surface area contributed by atoms with Crippen molar-refractivity contribution in [1.29, 1.82) is 0 Å². The minimum atomic E-state index is -1.30. The lowest BCUT2D eigenvalue weighted by atomic mass is 10.1. The van der Waals surface area contributed by atoms with Crippen LogP contribution in [-0.4, -0.2) is 134 Å². The lowest BCUT2D eigenvalue weighted by Gasteiger charge is -2.20. The minimum absolute atomic E-state index is 0.0768. The van der Waals surface area contributed by atoms with E-state index in [0.717, 1.165) is 0 Å². The molecule has 6 amide bonds. The van der Waals surface area contributed by atoms with E-state index in [4.69, 9.17) is 5.73 Å². The van der Waals surface area contributed by atoms with E-state index in [1.54, 1.807) is 0 Å². The summed E-state index contributed by atoms with van der Waals surface area (Å²) in [4.78, 5) is 101. The van der Waals surface area contributed by atoms with E-state index in [2.05, 4.69) is 51.8 Å². The van der Waals surface area contributed by atoms with Crippen molar-refractivity contribution in [2.75, 3.05) is 43.7 Å². The van der Waals surface area contributed by atoms with Gasteiger partial charge in [0.15, 0.2) is 0 Å². The number of carboxylic acid groups (broad SMARTS) is 1. The Balaban J connectivity index is 1.93. The van der Waals surface area contributed by atoms with E-state index in [-0.39, 0.29) is 19.3 Å². The van der Waals surface area contributed by atoms with Crippen LogP contribution in [0.25, 0.3) is 0 Å². The summed E-state index contributed by atoms with van der Waals surface area (Å²) in [5.74, 6) is -4.18. The molecule has 0 fully saturated rings. The first-order valence-electron chi connectivity index (χ1n) is 15.1. The highest BCUT2D eigenvalue weighted by atomic mass is 32.2. The number of thioether (sulfide) groups is 2. The molecule has 0 unspecified atom stereocenters. The molecule has 0 aliphatic rings. The molecular formula is C28H43N11O8S2. The summed E-state index contributed by atoms with van der Waals surface area (Å²) >= 11 is 2.98. The lowest BCUT2D eigenvalue weighted by Crippen LogP contribution is -2.54. The van der Waals surface area contributed by atoms with Crippen LogP contribution in [0.4, 0.5) is 0 Å². The van der Waals surface area contributed by atoms with Gasteiger partial charge < -0.3 is 52.7 Å². The number of nitrogens with two attached hydrogens (primary N) is 1. The van der Waals surface area contributed by atoms with E-state index in [1.165, 1.54) is 48.6 Å². The second-order valence-corrected chi connectivity index (χ2v) is 12.5. The molecule has 2 aromatic heterocycles. The highest BCUT2D eigenvalue weighted by Gasteiger charge is 2.26. The van der Waals surface area contributed by atoms with Crippen LogP contribution in [0.1, 0.15) is 24.2 Å². The van der Waals surface area contributed by atoms with Gasteiger partial charge >= 0.3 is 5.97 Å². The fraction of sp³-hybridized carbons (Fsp3) is 0.536. The van der Waals surface area contributed by atoms with Gasteiger partial charge in [-0.3, -0.25) is 28.8 Å². The number of aromatic amines is 2. The van der Waals surface area contributed by atoms with Gasteiger partial charge in [-0.1, -0.05) is 0 Å². The number of amides is 6. The molecule has 19 nitrogen and oxygen atoms in total. The molecule has 21 heteroatoms. The number of aliphatic carboxylic acids is 1. The molecule has 0 radical (unpaired) electrons. The van der Waals surface area contributed by atoms with Gasteiger partial charge in [0.2, 0.25) is 35.4 Å². The third-order valence-corrected chi connectivity index (χ3v) is 8.01. The van der Waals surface area contributed by atoms with Crippen molar-refractivity contribution in [2.45, 2.75) is 49.9 Å². The Morgan fingerprint density at radius 3 is 1.59 bits per heavy atom. The second kappa shape index (κ2) is 22.1. The molecule has 0 saturated carbocycles. The molecule has 49 heavy (non-hydrogen) atoms. The molecule has 0 aromatic carbocycles.